The zero-order chi connectivity index (χ0) is 17.7. The largest absolute Gasteiger partial charge is 0.573 e. The van der Waals surface area contributed by atoms with Gasteiger partial charge in [-0.2, -0.15) is 0 Å². The first-order valence-corrected chi connectivity index (χ1v) is 6.95. The molecule has 24 heavy (non-hydrogen) atoms. The van der Waals surface area contributed by atoms with Gasteiger partial charge < -0.3 is 15.8 Å². The molecule has 1 heterocycles. The van der Waals surface area contributed by atoms with Crippen molar-refractivity contribution in [3.63, 3.8) is 0 Å². The molecule has 1 aromatic carbocycles. The van der Waals surface area contributed by atoms with Gasteiger partial charge in [0.2, 0.25) is 0 Å². The first kappa shape index (κ1) is 17.5. The molecule has 0 aliphatic carbocycles. The minimum atomic E-state index is -4.75. The third-order valence-electron chi connectivity index (χ3n) is 2.77. The van der Waals surface area contributed by atoms with Crippen molar-refractivity contribution in [2.45, 2.75) is 26.8 Å². The number of ether oxygens (including phenoxy) is 1. The van der Waals surface area contributed by atoms with Crippen molar-refractivity contribution in [1.29, 1.82) is 0 Å². The molecule has 2 rings (SSSR count). The molecule has 128 valence electrons. The number of nitrogens with two attached hydrogens (primary N) is 1. The van der Waals surface area contributed by atoms with Crippen LogP contribution in [0.1, 0.15) is 17.2 Å². The Morgan fingerprint density at radius 3 is 2.67 bits per heavy atom. The van der Waals surface area contributed by atoms with Gasteiger partial charge in [0.25, 0.3) is 0 Å². The van der Waals surface area contributed by atoms with Gasteiger partial charge in [0.15, 0.2) is 5.96 Å². The lowest BCUT2D eigenvalue weighted by Gasteiger charge is -2.11. The summed E-state index contributed by atoms with van der Waals surface area (Å²) < 4.78 is 40.5. The Hall–Kier alpha value is -2.84. The predicted molar refractivity (Wildman–Crippen MR) is 83.6 cm³/mol. The average Bonchev–Trinajstić information content (AvgIpc) is 2.42. The van der Waals surface area contributed by atoms with Gasteiger partial charge in [-0.25, -0.2) is 15.0 Å². The zero-order valence-corrected chi connectivity index (χ0v) is 13.1. The van der Waals surface area contributed by atoms with Crippen LogP contribution >= 0.6 is 0 Å². The van der Waals surface area contributed by atoms with Crippen LogP contribution in [-0.4, -0.2) is 22.3 Å². The fraction of sp³-hybridized carbons (Fsp3) is 0.267. The lowest BCUT2D eigenvalue weighted by atomic mass is 10.3. The van der Waals surface area contributed by atoms with Crippen LogP contribution in [0.5, 0.6) is 5.75 Å². The van der Waals surface area contributed by atoms with E-state index in [-0.39, 0.29) is 18.3 Å². The van der Waals surface area contributed by atoms with E-state index in [1.807, 2.05) is 6.92 Å². The van der Waals surface area contributed by atoms with Gasteiger partial charge in [-0.05, 0) is 32.0 Å². The van der Waals surface area contributed by atoms with Gasteiger partial charge >= 0.3 is 6.36 Å². The number of nitrogens with zero attached hydrogens (tertiary/aromatic N) is 3. The van der Waals surface area contributed by atoms with Gasteiger partial charge in [0, 0.05) is 17.4 Å². The molecule has 9 heteroatoms. The van der Waals surface area contributed by atoms with Crippen LogP contribution < -0.4 is 15.8 Å². The number of nitrogens with one attached hydrogen (secondary N) is 1. The summed E-state index contributed by atoms with van der Waals surface area (Å²) in [7, 11) is 0. The summed E-state index contributed by atoms with van der Waals surface area (Å²) in [5.41, 5.74) is 7.58. The number of alkyl halides is 3. The highest BCUT2D eigenvalue weighted by Gasteiger charge is 2.31. The highest BCUT2D eigenvalue weighted by Crippen LogP contribution is 2.24. The molecule has 0 radical (unpaired) electrons. The summed E-state index contributed by atoms with van der Waals surface area (Å²) in [4.78, 5) is 12.5. The van der Waals surface area contributed by atoms with Crippen LogP contribution in [0.2, 0.25) is 0 Å². The van der Waals surface area contributed by atoms with E-state index in [1.54, 1.807) is 19.1 Å². The summed E-state index contributed by atoms with van der Waals surface area (Å²) >= 11 is 0. The molecule has 0 saturated carbocycles. The number of hydrogen-bond donors (Lipinski definition) is 2. The van der Waals surface area contributed by atoms with E-state index in [0.717, 1.165) is 5.69 Å². The lowest BCUT2D eigenvalue weighted by Crippen LogP contribution is -2.23. The SMILES string of the molecule is Cc1cc(CN=C(N)Nc2cccc(OC(F)(F)F)c2)nc(C)n1. The van der Waals surface area contributed by atoms with Crippen LogP contribution in [0, 0.1) is 13.8 Å². The quantitative estimate of drug-likeness (QED) is 0.661. The van der Waals surface area contributed by atoms with E-state index in [9.17, 15) is 13.2 Å². The molecule has 0 amide bonds. The lowest BCUT2D eigenvalue weighted by molar-refractivity contribution is -0.274. The number of guanidine groups is 1. The van der Waals surface area contributed by atoms with Gasteiger partial charge in [-0.15, -0.1) is 13.2 Å². The molecule has 0 unspecified atom stereocenters. The zero-order valence-electron chi connectivity index (χ0n) is 13.1. The molecule has 0 atom stereocenters. The van der Waals surface area contributed by atoms with Crippen molar-refractivity contribution in [2.24, 2.45) is 10.7 Å². The number of aliphatic imine (C=N–C) groups is 1. The number of benzene rings is 1. The summed E-state index contributed by atoms with van der Waals surface area (Å²) in [5.74, 6) is 0.333. The Labute approximate surface area is 136 Å². The monoisotopic (exact) mass is 339 g/mol. The molecule has 2 aromatic rings. The maximum atomic E-state index is 12.2. The predicted octanol–water partition coefficient (Wildman–Crippen LogP) is 2.92. The molecular formula is C15H16F3N5O. The fourth-order valence-electron chi connectivity index (χ4n) is 2.00. The molecule has 1 aromatic heterocycles. The highest BCUT2D eigenvalue weighted by molar-refractivity contribution is 5.92. The van der Waals surface area contributed by atoms with Crippen molar-refractivity contribution >= 4 is 11.6 Å². The minimum absolute atomic E-state index is 0.0491. The smallest absolute Gasteiger partial charge is 0.406 e. The number of anilines is 1. The van der Waals surface area contributed by atoms with Gasteiger partial charge in [0.1, 0.15) is 11.6 Å². The number of aryl methyl sites for hydroxylation is 2. The van der Waals surface area contributed by atoms with E-state index in [1.165, 1.54) is 18.2 Å². The third-order valence-corrected chi connectivity index (χ3v) is 2.77. The Balaban J connectivity index is 2.03. The first-order valence-electron chi connectivity index (χ1n) is 6.95. The van der Waals surface area contributed by atoms with Crippen LogP contribution in [0.25, 0.3) is 0 Å². The van der Waals surface area contributed by atoms with Crippen molar-refractivity contribution < 1.29 is 17.9 Å². The van der Waals surface area contributed by atoms with Crippen molar-refractivity contribution in [1.82, 2.24) is 9.97 Å². The number of halogens is 3. The molecule has 0 spiro atoms. The molecule has 0 bridgehead atoms. The Bertz CT molecular complexity index is 726. The van der Waals surface area contributed by atoms with E-state index in [0.29, 0.717) is 17.2 Å². The summed E-state index contributed by atoms with van der Waals surface area (Å²) in [6, 6.07) is 7.10. The van der Waals surface area contributed by atoms with Gasteiger partial charge in [-0.1, -0.05) is 6.07 Å². The molecule has 0 saturated heterocycles. The number of rotatable bonds is 4. The van der Waals surface area contributed by atoms with E-state index < -0.39 is 6.36 Å². The topological polar surface area (TPSA) is 85.4 Å². The molecular weight excluding hydrogens is 323 g/mol. The second-order valence-corrected chi connectivity index (χ2v) is 4.95. The molecule has 0 aliphatic rings. The van der Waals surface area contributed by atoms with E-state index in [4.69, 9.17) is 5.73 Å². The second kappa shape index (κ2) is 7.16. The molecule has 0 aliphatic heterocycles. The van der Waals surface area contributed by atoms with E-state index >= 15 is 0 Å². The third kappa shape index (κ3) is 5.75. The molecule has 6 nitrogen and oxygen atoms in total. The van der Waals surface area contributed by atoms with Crippen LogP contribution in [0.3, 0.4) is 0 Å². The second-order valence-electron chi connectivity index (χ2n) is 4.95. The fourth-order valence-corrected chi connectivity index (χ4v) is 2.00. The van der Waals surface area contributed by atoms with Crippen LogP contribution in [-0.2, 0) is 6.54 Å². The summed E-state index contributed by atoms with van der Waals surface area (Å²) in [5, 5.41) is 2.70. The Morgan fingerprint density at radius 1 is 1.25 bits per heavy atom. The molecule has 0 fully saturated rings. The normalized spacial score (nSPS) is 12.1. The standard InChI is InChI=1S/C15H16F3N5O/c1-9-6-12(22-10(2)21-9)8-20-14(19)23-11-4-3-5-13(7-11)24-15(16,17)18/h3-7H,8H2,1-2H3,(H3,19,20,23). The average molecular weight is 339 g/mol. The van der Waals surface area contributed by atoms with Crippen LogP contribution in [0.4, 0.5) is 18.9 Å². The van der Waals surface area contributed by atoms with Crippen molar-refractivity contribution in [3.8, 4) is 5.75 Å². The highest BCUT2D eigenvalue weighted by atomic mass is 19.4. The summed E-state index contributed by atoms with van der Waals surface area (Å²) in [6.45, 7) is 3.84. The van der Waals surface area contributed by atoms with Crippen molar-refractivity contribution in [3.05, 3.63) is 47.5 Å². The number of hydrogen-bond acceptors (Lipinski definition) is 4. The van der Waals surface area contributed by atoms with Crippen LogP contribution in [0.15, 0.2) is 35.3 Å². The summed E-state index contributed by atoms with van der Waals surface area (Å²) in [6.07, 6.45) is -4.75. The Morgan fingerprint density at radius 2 is 2.00 bits per heavy atom. The number of aromatic nitrogens is 2. The Kier molecular flexibility index (Phi) is 5.22. The van der Waals surface area contributed by atoms with Gasteiger partial charge in [-0.3, -0.25) is 0 Å². The minimum Gasteiger partial charge on any atom is -0.406 e. The van der Waals surface area contributed by atoms with E-state index in [2.05, 4.69) is 25.0 Å². The van der Waals surface area contributed by atoms with Gasteiger partial charge in [0.05, 0.1) is 12.2 Å². The maximum absolute atomic E-state index is 12.2. The van der Waals surface area contributed by atoms with Crippen molar-refractivity contribution in [2.75, 3.05) is 5.32 Å². The first-order chi connectivity index (χ1) is 11.2. The maximum Gasteiger partial charge on any atom is 0.573 e. The molecule has 3 N–H and O–H groups in total.